The number of benzene rings is 1. The molecule has 0 saturated heterocycles. The summed E-state index contributed by atoms with van der Waals surface area (Å²) in [6.07, 6.45) is 2.58. The lowest BCUT2D eigenvalue weighted by Crippen LogP contribution is -2.49. The first-order chi connectivity index (χ1) is 8.92. The summed E-state index contributed by atoms with van der Waals surface area (Å²) in [5, 5.41) is 0. The number of carbonyl (C=O) groups is 1. The second-order valence-electron chi connectivity index (χ2n) is 5.76. The van der Waals surface area contributed by atoms with Gasteiger partial charge in [-0.25, -0.2) is 0 Å². The summed E-state index contributed by atoms with van der Waals surface area (Å²) in [6, 6.07) is 9.01. The molecule has 1 aromatic carbocycles. The van der Waals surface area contributed by atoms with Gasteiger partial charge in [-0.1, -0.05) is 18.2 Å². The van der Waals surface area contributed by atoms with E-state index in [0.29, 0.717) is 12.5 Å². The van der Waals surface area contributed by atoms with Crippen molar-refractivity contribution in [2.24, 2.45) is 11.5 Å². The predicted molar refractivity (Wildman–Crippen MR) is 78.0 cm³/mol. The fourth-order valence-corrected chi connectivity index (χ4v) is 2.71. The number of nitrogens with two attached hydrogens (primary N) is 2. The number of rotatable bonds is 5. The summed E-state index contributed by atoms with van der Waals surface area (Å²) in [7, 11) is 0. The smallest absolute Gasteiger partial charge is 0.237 e. The molecule has 0 spiro atoms. The van der Waals surface area contributed by atoms with Crippen LogP contribution < -0.4 is 16.4 Å². The zero-order valence-electron chi connectivity index (χ0n) is 11.7. The van der Waals surface area contributed by atoms with Gasteiger partial charge in [-0.05, 0) is 44.7 Å². The molecule has 0 fully saturated rings. The molecular weight excluding hydrogens is 238 g/mol. The van der Waals surface area contributed by atoms with Crippen molar-refractivity contribution in [1.29, 1.82) is 0 Å². The number of primary amides is 1. The number of hydrogen-bond donors (Lipinski definition) is 2. The van der Waals surface area contributed by atoms with Gasteiger partial charge in [0.2, 0.25) is 5.91 Å². The molecule has 1 aliphatic heterocycles. The van der Waals surface area contributed by atoms with Gasteiger partial charge in [0.1, 0.15) is 0 Å². The molecule has 0 saturated carbocycles. The quantitative estimate of drug-likeness (QED) is 0.842. The molecule has 0 aliphatic carbocycles. The molecule has 2 rings (SSSR count). The lowest BCUT2D eigenvalue weighted by Gasteiger charge is -2.27. The summed E-state index contributed by atoms with van der Waals surface area (Å²) in [6.45, 7) is 4.85. The van der Waals surface area contributed by atoms with E-state index in [1.165, 1.54) is 11.3 Å². The summed E-state index contributed by atoms with van der Waals surface area (Å²) >= 11 is 0. The third-order valence-electron chi connectivity index (χ3n) is 4.01. The number of nitrogens with zero attached hydrogens (tertiary/aromatic N) is 1. The lowest BCUT2D eigenvalue weighted by molar-refractivity contribution is -0.122. The lowest BCUT2D eigenvalue weighted by atomic mass is 9.96. The van der Waals surface area contributed by atoms with Gasteiger partial charge in [-0.15, -0.1) is 0 Å². The van der Waals surface area contributed by atoms with Gasteiger partial charge in [-0.2, -0.15) is 0 Å². The third-order valence-corrected chi connectivity index (χ3v) is 4.01. The maximum atomic E-state index is 11.2. The number of fused-ring (bicyclic) bond motifs is 1. The van der Waals surface area contributed by atoms with Crippen molar-refractivity contribution in [3.63, 3.8) is 0 Å². The molecule has 1 aliphatic rings. The monoisotopic (exact) mass is 261 g/mol. The van der Waals surface area contributed by atoms with Crippen LogP contribution in [0.15, 0.2) is 24.3 Å². The van der Waals surface area contributed by atoms with E-state index in [2.05, 4.69) is 36.1 Å². The second kappa shape index (κ2) is 5.21. The van der Waals surface area contributed by atoms with Crippen LogP contribution in [0.2, 0.25) is 0 Å². The van der Waals surface area contributed by atoms with Crippen molar-refractivity contribution in [1.82, 2.24) is 0 Å². The Labute approximate surface area is 114 Å². The van der Waals surface area contributed by atoms with E-state index in [1.807, 2.05) is 0 Å². The summed E-state index contributed by atoms with van der Waals surface area (Å²) in [4.78, 5) is 13.6. The van der Waals surface area contributed by atoms with E-state index < -0.39 is 11.4 Å². The van der Waals surface area contributed by atoms with Crippen LogP contribution in [-0.2, 0) is 11.2 Å². The number of carbonyl (C=O) groups excluding carboxylic acids is 1. The highest BCUT2D eigenvalue weighted by molar-refractivity contribution is 5.83. The Morgan fingerprint density at radius 2 is 2.16 bits per heavy atom. The van der Waals surface area contributed by atoms with Crippen molar-refractivity contribution in [2.45, 2.75) is 44.7 Å². The minimum atomic E-state index is -0.900. The Kier molecular flexibility index (Phi) is 3.80. The summed E-state index contributed by atoms with van der Waals surface area (Å²) < 4.78 is 0. The third kappa shape index (κ3) is 2.89. The fourth-order valence-electron chi connectivity index (χ4n) is 2.71. The van der Waals surface area contributed by atoms with Crippen molar-refractivity contribution in [2.75, 3.05) is 11.4 Å². The molecule has 1 heterocycles. The molecule has 0 bridgehead atoms. The number of amides is 1. The van der Waals surface area contributed by atoms with E-state index >= 15 is 0 Å². The van der Waals surface area contributed by atoms with Crippen LogP contribution >= 0.6 is 0 Å². The van der Waals surface area contributed by atoms with E-state index in [4.69, 9.17) is 11.5 Å². The molecule has 104 valence electrons. The minimum absolute atomic E-state index is 0.428. The maximum absolute atomic E-state index is 11.2. The van der Waals surface area contributed by atoms with Crippen molar-refractivity contribution in [3.05, 3.63) is 29.8 Å². The van der Waals surface area contributed by atoms with Crippen LogP contribution in [0.25, 0.3) is 0 Å². The first-order valence-electron chi connectivity index (χ1n) is 6.85. The van der Waals surface area contributed by atoms with Gasteiger partial charge in [0.15, 0.2) is 0 Å². The van der Waals surface area contributed by atoms with Crippen LogP contribution in [0, 0.1) is 0 Å². The first kappa shape index (κ1) is 13.9. The van der Waals surface area contributed by atoms with E-state index in [-0.39, 0.29) is 0 Å². The largest absolute Gasteiger partial charge is 0.368 e. The van der Waals surface area contributed by atoms with Gasteiger partial charge < -0.3 is 16.4 Å². The normalized spacial score (nSPS) is 21.0. The Hall–Kier alpha value is -1.55. The van der Waals surface area contributed by atoms with Crippen LogP contribution in [0.4, 0.5) is 5.69 Å². The van der Waals surface area contributed by atoms with Crippen molar-refractivity contribution < 1.29 is 4.79 Å². The highest BCUT2D eigenvalue weighted by atomic mass is 16.1. The average Bonchev–Trinajstić information content (AvgIpc) is 2.65. The van der Waals surface area contributed by atoms with Crippen LogP contribution in [-0.4, -0.2) is 24.0 Å². The molecule has 4 heteroatoms. The molecular formula is C15H23N3O. The molecule has 1 aromatic rings. The molecule has 2 unspecified atom stereocenters. The van der Waals surface area contributed by atoms with Gasteiger partial charge in [0.25, 0.3) is 0 Å². The molecule has 1 amide bonds. The SMILES string of the molecule is CC1Cc2ccccc2N1CCCC(C)(N)C(N)=O. The van der Waals surface area contributed by atoms with Crippen LogP contribution in [0.3, 0.4) is 0 Å². The molecule has 19 heavy (non-hydrogen) atoms. The van der Waals surface area contributed by atoms with E-state index in [9.17, 15) is 4.79 Å². The van der Waals surface area contributed by atoms with Gasteiger partial charge in [-0.3, -0.25) is 4.79 Å². The second-order valence-corrected chi connectivity index (χ2v) is 5.76. The van der Waals surface area contributed by atoms with Gasteiger partial charge >= 0.3 is 0 Å². The molecule has 0 aromatic heterocycles. The van der Waals surface area contributed by atoms with Crippen LogP contribution in [0.5, 0.6) is 0 Å². The van der Waals surface area contributed by atoms with Crippen LogP contribution in [0.1, 0.15) is 32.3 Å². The standard InChI is InChI=1S/C15H23N3O/c1-11-10-12-6-3-4-7-13(12)18(11)9-5-8-15(2,17)14(16)19/h3-4,6-7,11H,5,8-10,17H2,1-2H3,(H2,16,19). The number of para-hydroxylation sites is 1. The zero-order chi connectivity index (χ0) is 14.0. The Balaban J connectivity index is 1.96. The fraction of sp³-hybridized carbons (Fsp3) is 0.533. The zero-order valence-corrected chi connectivity index (χ0v) is 11.7. The molecule has 0 radical (unpaired) electrons. The maximum Gasteiger partial charge on any atom is 0.237 e. The van der Waals surface area contributed by atoms with E-state index in [0.717, 1.165) is 19.4 Å². The van der Waals surface area contributed by atoms with Gasteiger partial charge in [0.05, 0.1) is 5.54 Å². The Morgan fingerprint density at radius 3 is 2.84 bits per heavy atom. The number of hydrogen-bond acceptors (Lipinski definition) is 3. The molecule has 2 atom stereocenters. The summed E-state index contributed by atoms with van der Waals surface area (Å²) in [5.74, 6) is -0.428. The van der Waals surface area contributed by atoms with Crippen molar-refractivity contribution in [3.8, 4) is 0 Å². The summed E-state index contributed by atoms with van der Waals surface area (Å²) in [5.41, 5.74) is 13.0. The minimum Gasteiger partial charge on any atom is -0.368 e. The molecule has 4 nitrogen and oxygen atoms in total. The highest BCUT2D eigenvalue weighted by Crippen LogP contribution is 2.32. The van der Waals surface area contributed by atoms with Gasteiger partial charge in [0, 0.05) is 18.3 Å². The Morgan fingerprint density at radius 1 is 1.47 bits per heavy atom. The highest BCUT2D eigenvalue weighted by Gasteiger charge is 2.28. The van der Waals surface area contributed by atoms with E-state index in [1.54, 1.807) is 6.92 Å². The first-order valence-corrected chi connectivity index (χ1v) is 6.85. The average molecular weight is 261 g/mol. The number of anilines is 1. The topological polar surface area (TPSA) is 72.3 Å². The Bertz CT molecular complexity index is 470. The van der Waals surface area contributed by atoms with Crippen molar-refractivity contribution >= 4 is 11.6 Å². The predicted octanol–water partition coefficient (Wildman–Crippen LogP) is 1.42. The molecule has 4 N–H and O–H groups in total.